The van der Waals surface area contributed by atoms with E-state index in [2.05, 4.69) is 18.7 Å². The molecule has 0 amide bonds. The highest BCUT2D eigenvalue weighted by molar-refractivity contribution is 6.03. The summed E-state index contributed by atoms with van der Waals surface area (Å²) in [6.07, 6.45) is 8.68. The first-order chi connectivity index (χ1) is 26.0. The number of phenolic OH excluding ortho intramolecular Hbond substituents is 1. The molecule has 5 unspecified atom stereocenters. The van der Waals surface area contributed by atoms with Gasteiger partial charge < -0.3 is 34.1 Å². The molecular formula is C42H54FN5O6. The summed E-state index contributed by atoms with van der Waals surface area (Å²) in [6, 6.07) is 9.99. The van der Waals surface area contributed by atoms with Gasteiger partial charge in [0.05, 0.1) is 45.7 Å². The number of methoxy groups -OCH3 is 1. The molecule has 8 rings (SSSR count). The number of hydrogen-bond acceptors (Lipinski definition) is 11. The van der Waals surface area contributed by atoms with E-state index in [1.165, 1.54) is 7.11 Å². The molecule has 1 saturated carbocycles. The maximum atomic E-state index is 17.4. The standard InChI is InChI=1S/C42H54FN5O6/c1-6-27-10-7-11-28-20-30(49)21-31(33(27)28)36-35(43)37-34(39(44-36)51-5)38(47-16-17-52-23-41(4,50)22-47)46-40(45-37)53-24-42-13-8-12-32(42)48(15-9-14-42)29-18-25(2)54-26(3)19-29/h7,10-11,20-21,25-26,29,32,49-50H,6,8-9,12-19,22-24H2,1-5H3. The predicted octanol–water partition coefficient (Wildman–Crippen LogP) is 6.82. The molecule has 5 atom stereocenters. The van der Waals surface area contributed by atoms with E-state index in [-0.39, 0.29) is 65.0 Å². The van der Waals surface area contributed by atoms with Crippen molar-refractivity contribution in [3.63, 3.8) is 0 Å². The molecule has 2 aromatic carbocycles. The normalized spacial score (nSPS) is 29.4. The fourth-order valence-electron chi connectivity index (χ4n) is 10.1. The molecule has 1 aliphatic carbocycles. The Morgan fingerprint density at radius 2 is 1.83 bits per heavy atom. The Hall–Kier alpha value is -3.84. The van der Waals surface area contributed by atoms with Crippen molar-refractivity contribution in [2.45, 2.75) is 109 Å². The summed E-state index contributed by atoms with van der Waals surface area (Å²) in [5.74, 6) is -0.169. The number of likely N-dealkylation sites (tertiary alicyclic amines) is 1. The van der Waals surface area contributed by atoms with Crippen LogP contribution in [0.3, 0.4) is 0 Å². The molecule has 5 heterocycles. The minimum Gasteiger partial charge on any atom is -0.508 e. The number of aromatic hydroxyl groups is 1. The lowest BCUT2D eigenvalue weighted by Gasteiger charge is -2.51. The maximum Gasteiger partial charge on any atom is 0.319 e. The summed E-state index contributed by atoms with van der Waals surface area (Å²) in [5, 5.41) is 23.9. The first kappa shape index (κ1) is 37.1. The van der Waals surface area contributed by atoms with Crippen molar-refractivity contribution < 1.29 is 33.6 Å². The highest BCUT2D eigenvalue weighted by Crippen LogP contribution is 2.50. The van der Waals surface area contributed by atoms with Crippen LogP contribution in [0.1, 0.15) is 78.2 Å². The smallest absolute Gasteiger partial charge is 0.319 e. The van der Waals surface area contributed by atoms with Crippen LogP contribution in [0.25, 0.3) is 32.9 Å². The highest BCUT2D eigenvalue weighted by Gasteiger charge is 2.51. The number of nitrogens with zero attached hydrogens (tertiary/aromatic N) is 5. The number of rotatable bonds is 8. The van der Waals surface area contributed by atoms with Crippen LogP contribution in [0.5, 0.6) is 17.6 Å². The number of benzene rings is 2. The Labute approximate surface area is 316 Å². The number of aryl methyl sites for hydroxylation is 1. The second-order valence-corrected chi connectivity index (χ2v) is 16.5. The quantitative estimate of drug-likeness (QED) is 0.198. The maximum absolute atomic E-state index is 17.4. The van der Waals surface area contributed by atoms with Crippen LogP contribution in [0, 0.1) is 11.2 Å². The molecule has 0 spiro atoms. The number of ether oxygens (including phenoxy) is 4. The van der Waals surface area contributed by atoms with E-state index in [9.17, 15) is 10.2 Å². The van der Waals surface area contributed by atoms with E-state index < -0.39 is 11.4 Å². The van der Waals surface area contributed by atoms with Gasteiger partial charge in [0, 0.05) is 29.6 Å². The van der Waals surface area contributed by atoms with Crippen LogP contribution < -0.4 is 14.4 Å². The van der Waals surface area contributed by atoms with E-state index in [0.717, 1.165) is 67.8 Å². The van der Waals surface area contributed by atoms with Gasteiger partial charge in [0.2, 0.25) is 5.88 Å². The van der Waals surface area contributed by atoms with Gasteiger partial charge in [-0.3, -0.25) is 4.90 Å². The Balaban J connectivity index is 1.24. The minimum absolute atomic E-state index is 0.00165. The van der Waals surface area contributed by atoms with Crippen molar-refractivity contribution in [3.8, 4) is 28.9 Å². The van der Waals surface area contributed by atoms with Crippen LogP contribution in [0.15, 0.2) is 30.3 Å². The van der Waals surface area contributed by atoms with Gasteiger partial charge in [-0.05, 0) is 101 Å². The zero-order valence-corrected chi connectivity index (χ0v) is 32.2. The fraction of sp³-hybridized carbons (Fsp3) is 0.595. The molecule has 4 aliphatic rings. The third-order valence-electron chi connectivity index (χ3n) is 12.3. The van der Waals surface area contributed by atoms with Crippen LogP contribution in [0.2, 0.25) is 0 Å². The van der Waals surface area contributed by atoms with Crippen molar-refractivity contribution >= 4 is 27.5 Å². The number of piperidine rings is 1. The SMILES string of the molecule is CCc1cccc2cc(O)cc(-c3nc(OC)c4c(N5CCOCC(C)(O)C5)nc(OCC56CCCC5N(C5CC(C)OC(C)C5)CCC6)nc4c3F)c12. The van der Waals surface area contributed by atoms with Gasteiger partial charge in [0.1, 0.15) is 33.8 Å². The Kier molecular flexibility index (Phi) is 10.1. The number of aliphatic hydroxyl groups is 1. The molecule has 0 radical (unpaired) electrons. The molecule has 3 aliphatic heterocycles. The lowest BCUT2D eigenvalue weighted by molar-refractivity contribution is -0.0967. The number of β-amino-alcohol motifs (C(OH)–C–C–N with tert-alkyl or cyclic N) is 1. The van der Waals surface area contributed by atoms with Gasteiger partial charge in [0.25, 0.3) is 0 Å². The topological polar surface area (TPSA) is 123 Å². The average Bonchev–Trinajstić information content (AvgIpc) is 3.50. The summed E-state index contributed by atoms with van der Waals surface area (Å²) < 4.78 is 41.9. The molecule has 11 nitrogen and oxygen atoms in total. The van der Waals surface area contributed by atoms with Gasteiger partial charge in [-0.1, -0.05) is 31.5 Å². The summed E-state index contributed by atoms with van der Waals surface area (Å²) in [7, 11) is 1.49. The number of anilines is 1. The zero-order chi connectivity index (χ0) is 37.8. The molecule has 4 aromatic rings. The molecular weight excluding hydrogens is 689 g/mol. The third kappa shape index (κ3) is 6.84. The molecule has 2 N–H and O–H groups in total. The summed E-state index contributed by atoms with van der Waals surface area (Å²) in [4.78, 5) is 19.2. The van der Waals surface area contributed by atoms with Gasteiger partial charge in [-0.15, -0.1) is 0 Å². The molecule has 2 aromatic heterocycles. The monoisotopic (exact) mass is 743 g/mol. The van der Waals surface area contributed by atoms with Crippen molar-refractivity contribution in [2.24, 2.45) is 5.41 Å². The largest absolute Gasteiger partial charge is 0.508 e. The van der Waals surface area contributed by atoms with E-state index in [1.807, 2.05) is 30.0 Å². The Morgan fingerprint density at radius 1 is 1.04 bits per heavy atom. The van der Waals surface area contributed by atoms with Crippen molar-refractivity contribution in [2.75, 3.05) is 51.5 Å². The van der Waals surface area contributed by atoms with E-state index in [1.54, 1.807) is 19.1 Å². The Bertz CT molecular complexity index is 2020. The van der Waals surface area contributed by atoms with Gasteiger partial charge in [0.15, 0.2) is 5.82 Å². The number of aromatic nitrogens is 3. The number of phenols is 1. The second kappa shape index (κ2) is 14.7. The van der Waals surface area contributed by atoms with Gasteiger partial charge >= 0.3 is 6.01 Å². The van der Waals surface area contributed by atoms with Crippen molar-refractivity contribution in [1.82, 2.24) is 19.9 Å². The zero-order valence-electron chi connectivity index (χ0n) is 32.2. The number of halogens is 1. The van der Waals surface area contributed by atoms with Crippen LogP contribution in [-0.2, 0) is 15.9 Å². The molecule has 54 heavy (non-hydrogen) atoms. The van der Waals surface area contributed by atoms with Crippen LogP contribution in [-0.4, -0.2) is 107 Å². The second-order valence-electron chi connectivity index (χ2n) is 16.5. The van der Waals surface area contributed by atoms with E-state index in [0.29, 0.717) is 49.6 Å². The van der Waals surface area contributed by atoms with Gasteiger partial charge in [-0.2, -0.15) is 9.97 Å². The fourth-order valence-corrected chi connectivity index (χ4v) is 10.1. The third-order valence-corrected chi connectivity index (χ3v) is 12.3. The molecule has 290 valence electrons. The molecule has 0 bridgehead atoms. The summed E-state index contributed by atoms with van der Waals surface area (Å²) in [6.45, 7) is 10.7. The van der Waals surface area contributed by atoms with Crippen LogP contribution in [0.4, 0.5) is 10.2 Å². The first-order valence-corrected chi connectivity index (χ1v) is 19.8. The van der Waals surface area contributed by atoms with E-state index >= 15 is 4.39 Å². The van der Waals surface area contributed by atoms with Gasteiger partial charge in [-0.25, -0.2) is 9.37 Å². The summed E-state index contributed by atoms with van der Waals surface area (Å²) in [5.41, 5.74) is 0.201. The first-order valence-electron chi connectivity index (χ1n) is 19.8. The van der Waals surface area contributed by atoms with Crippen LogP contribution >= 0.6 is 0 Å². The predicted molar refractivity (Wildman–Crippen MR) is 206 cm³/mol. The highest BCUT2D eigenvalue weighted by atomic mass is 19.1. The van der Waals surface area contributed by atoms with Crippen molar-refractivity contribution in [3.05, 3.63) is 41.7 Å². The van der Waals surface area contributed by atoms with Crippen molar-refractivity contribution in [1.29, 1.82) is 0 Å². The average molecular weight is 744 g/mol. The van der Waals surface area contributed by atoms with E-state index in [4.69, 9.17) is 33.9 Å². The summed E-state index contributed by atoms with van der Waals surface area (Å²) >= 11 is 0. The molecule has 3 saturated heterocycles. The lowest BCUT2D eigenvalue weighted by Crippen LogP contribution is -2.57. The Morgan fingerprint density at radius 3 is 2.61 bits per heavy atom. The molecule has 12 heteroatoms. The minimum atomic E-state index is -1.19. The number of hydrogen-bond donors (Lipinski definition) is 2. The lowest BCUT2D eigenvalue weighted by atomic mass is 9.74. The number of pyridine rings is 1. The number of fused-ring (bicyclic) bond motifs is 3. The molecule has 4 fully saturated rings.